The van der Waals surface area contributed by atoms with Crippen molar-refractivity contribution < 1.29 is 9.72 Å². The number of nitrogens with zero attached hydrogens (tertiary/aromatic N) is 5. The van der Waals surface area contributed by atoms with Gasteiger partial charge < -0.3 is 5.32 Å². The standard InChI is InChI=1S/C18H14N6O3S/c1-10-9-13(17-22-23-11(2)20-21-18(23)28-17)5-8-15(10)19-16(25)12-3-6-14(7-4-12)24(26)27/h3-9H,1-2H3,(H,19,25). The molecule has 0 radical (unpaired) electrons. The Balaban J connectivity index is 1.55. The zero-order valence-electron chi connectivity index (χ0n) is 14.9. The van der Waals surface area contributed by atoms with Crippen LogP contribution in [0.25, 0.3) is 15.5 Å². The molecule has 0 atom stereocenters. The predicted octanol–water partition coefficient (Wildman–Crippen LogP) is 3.63. The second-order valence-corrected chi connectivity index (χ2v) is 7.09. The Morgan fingerprint density at radius 3 is 2.54 bits per heavy atom. The van der Waals surface area contributed by atoms with Crippen LogP contribution in [0.1, 0.15) is 21.7 Å². The summed E-state index contributed by atoms with van der Waals surface area (Å²) in [5, 5.41) is 26.9. The number of fused-ring (bicyclic) bond motifs is 1. The summed E-state index contributed by atoms with van der Waals surface area (Å²) in [5.41, 5.74) is 2.73. The molecule has 9 nitrogen and oxygen atoms in total. The van der Waals surface area contributed by atoms with Crippen LogP contribution in [-0.2, 0) is 0 Å². The van der Waals surface area contributed by atoms with Gasteiger partial charge in [0.25, 0.3) is 11.6 Å². The highest BCUT2D eigenvalue weighted by molar-refractivity contribution is 7.19. The number of anilines is 1. The van der Waals surface area contributed by atoms with E-state index >= 15 is 0 Å². The van der Waals surface area contributed by atoms with Crippen LogP contribution >= 0.6 is 11.3 Å². The number of carbonyl (C=O) groups is 1. The van der Waals surface area contributed by atoms with Gasteiger partial charge in [-0.25, -0.2) is 0 Å². The number of amides is 1. The van der Waals surface area contributed by atoms with Crippen molar-refractivity contribution in [1.29, 1.82) is 0 Å². The first-order valence-electron chi connectivity index (χ1n) is 8.28. The van der Waals surface area contributed by atoms with Gasteiger partial charge in [-0.05, 0) is 49.7 Å². The molecule has 0 spiro atoms. The summed E-state index contributed by atoms with van der Waals surface area (Å²) >= 11 is 1.44. The lowest BCUT2D eigenvalue weighted by Crippen LogP contribution is -2.12. The van der Waals surface area contributed by atoms with Crippen molar-refractivity contribution in [1.82, 2.24) is 19.8 Å². The quantitative estimate of drug-likeness (QED) is 0.417. The summed E-state index contributed by atoms with van der Waals surface area (Å²) in [5.74, 6) is 0.390. The van der Waals surface area contributed by atoms with Gasteiger partial charge in [-0.15, -0.1) is 10.2 Å². The molecule has 140 valence electrons. The van der Waals surface area contributed by atoms with Crippen LogP contribution in [0.4, 0.5) is 11.4 Å². The molecule has 1 N–H and O–H groups in total. The highest BCUT2D eigenvalue weighted by Crippen LogP contribution is 2.29. The predicted molar refractivity (Wildman–Crippen MR) is 105 cm³/mol. The van der Waals surface area contributed by atoms with Gasteiger partial charge in [0.2, 0.25) is 4.96 Å². The number of hydrogen-bond acceptors (Lipinski definition) is 7. The third kappa shape index (κ3) is 3.21. The number of non-ortho nitro benzene ring substituents is 1. The monoisotopic (exact) mass is 394 g/mol. The van der Waals surface area contributed by atoms with Gasteiger partial charge in [-0.2, -0.15) is 9.61 Å². The molecule has 2 aromatic carbocycles. The van der Waals surface area contributed by atoms with Crippen molar-refractivity contribution in [3.63, 3.8) is 0 Å². The van der Waals surface area contributed by atoms with Crippen LogP contribution in [0, 0.1) is 24.0 Å². The van der Waals surface area contributed by atoms with E-state index in [0.29, 0.717) is 11.3 Å². The molecule has 10 heteroatoms. The second-order valence-electron chi connectivity index (χ2n) is 6.14. The zero-order chi connectivity index (χ0) is 19.8. The molecule has 0 saturated carbocycles. The fourth-order valence-corrected chi connectivity index (χ4v) is 3.58. The van der Waals surface area contributed by atoms with Crippen LogP contribution in [0.5, 0.6) is 0 Å². The van der Waals surface area contributed by atoms with Crippen molar-refractivity contribution in [3.8, 4) is 10.6 Å². The SMILES string of the molecule is Cc1cc(-c2nn3c(C)nnc3s2)ccc1NC(=O)c1ccc([N+](=O)[O-])cc1. The lowest BCUT2D eigenvalue weighted by Gasteiger charge is -2.09. The van der Waals surface area contributed by atoms with E-state index in [-0.39, 0.29) is 11.6 Å². The Hall–Kier alpha value is -3.66. The van der Waals surface area contributed by atoms with E-state index in [9.17, 15) is 14.9 Å². The third-order valence-electron chi connectivity index (χ3n) is 4.21. The summed E-state index contributed by atoms with van der Waals surface area (Å²) in [6, 6.07) is 11.1. The van der Waals surface area contributed by atoms with Gasteiger partial charge in [0.1, 0.15) is 5.01 Å². The summed E-state index contributed by atoms with van der Waals surface area (Å²) in [4.78, 5) is 23.4. The highest BCUT2D eigenvalue weighted by atomic mass is 32.1. The number of rotatable bonds is 4. The summed E-state index contributed by atoms with van der Waals surface area (Å²) in [6.45, 7) is 3.73. The number of carbonyl (C=O) groups excluding carboxylic acids is 1. The number of nitrogens with one attached hydrogen (secondary N) is 1. The van der Waals surface area contributed by atoms with E-state index < -0.39 is 4.92 Å². The molecule has 4 rings (SSSR count). The van der Waals surface area contributed by atoms with E-state index in [4.69, 9.17) is 0 Å². The molecular weight excluding hydrogens is 380 g/mol. The van der Waals surface area contributed by atoms with Gasteiger partial charge in [0.05, 0.1) is 4.92 Å². The van der Waals surface area contributed by atoms with E-state index in [0.717, 1.165) is 26.9 Å². The minimum Gasteiger partial charge on any atom is -0.322 e. The molecule has 2 heterocycles. The summed E-state index contributed by atoms with van der Waals surface area (Å²) in [7, 11) is 0. The Morgan fingerprint density at radius 1 is 1.14 bits per heavy atom. The zero-order valence-corrected chi connectivity index (χ0v) is 15.7. The topological polar surface area (TPSA) is 115 Å². The molecule has 0 saturated heterocycles. The van der Waals surface area contributed by atoms with Gasteiger partial charge >= 0.3 is 0 Å². The van der Waals surface area contributed by atoms with Crippen molar-refractivity contribution >= 4 is 33.6 Å². The van der Waals surface area contributed by atoms with Crippen LogP contribution in [0.15, 0.2) is 42.5 Å². The Labute approximate surface area is 162 Å². The van der Waals surface area contributed by atoms with E-state index in [1.165, 1.54) is 35.6 Å². The average Bonchev–Trinajstić information content (AvgIpc) is 3.25. The highest BCUT2D eigenvalue weighted by Gasteiger charge is 2.14. The molecule has 0 aliphatic carbocycles. The number of nitro groups is 1. The molecule has 0 aliphatic rings. The number of nitro benzene ring substituents is 1. The van der Waals surface area contributed by atoms with E-state index in [2.05, 4.69) is 20.6 Å². The largest absolute Gasteiger partial charge is 0.322 e. The van der Waals surface area contributed by atoms with Gasteiger partial charge in [0.15, 0.2) is 5.82 Å². The molecule has 0 unspecified atom stereocenters. The van der Waals surface area contributed by atoms with Gasteiger partial charge in [-0.3, -0.25) is 14.9 Å². The minimum absolute atomic E-state index is 0.0580. The van der Waals surface area contributed by atoms with Crippen molar-refractivity contribution in [3.05, 3.63) is 69.5 Å². The van der Waals surface area contributed by atoms with Crippen LogP contribution < -0.4 is 5.32 Å². The maximum atomic E-state index is 12.4. The third-order valence-corrected chi connectivity index (χ3v) is 5.16. The Bertz CT molecular complexity index is 1210. The summed E-state index contributed by atoms with van der Waals surface area (Å²) in [6.07, 6.45) is 0. The molecular formula is C18H14N6O3S. The maximum Gasteiger partial charge on any atom is 0.269 e. The summed E-state index contributed by atoms with van der Waals surface area (Å²) < 4.78 is 1.69. The molecule has 0 fully saturated rings. The molecule has 28 heavy (non-hydrogen) atoms. The first-order valence-corrected chi connectivity index (χ1v) is 9.10. The molecule has 0 bridgehead atoms. The smallest absolute Gasteiger partial charge is 0.269 e. The lowest BCUT2D eigenvalue weighted by molar-refractivity contribution is -0.384. The van der Waals surface area contributed by atoms with Crippen molar-refractivity contribution in [2.45, 2.75) is 13.8 Å². The Morgan fingerprint density at radius 2 is 1.89 bits per heavy atom. The Kier molecular flexibility index (Phi) is 4.32. The van der Waals surface area contributed by atoms with E-state index in [1.807, 2.05) is 32.0 Å². The van der Waals surface area contributed by atoms with Crippen LogP contribution in [0.3, 0.4) is 0 Å². The number of benzene rings is 2. The molecule has 4 aromatic rings. The van der Waals surface area contributed by atoms with Crippen LogP contribution in [-0.4, -0.2) is 30.6 Å². The van der Waals surface area contributed by atoms with Crippen molar-refractivity contribution in [2.24, 2.45) is 0 Å². The van der Waals surface area contributed by atoms with Gasteiger partial charge in [0, 0.05) is 28.9 Å². The first kappa shape index (κ1) is 17.7. The fraction of sp³-hybridized carbons (Fsp3) is 0.111. The maximum absolute atomic E-state index is 12.4. The fourth-order valence-electron chi connectivity index (χ4n) is 2.70. The number of hydrogen-bond donors (Lipinski definition) is 1. The second kappa shape index (κ2) is 6.82. The normalized spacial score (nSPS) is 10.9. The van der Waals surface area contributed by atoms with Crippen LogP contribution in [0.2, 0.25) is 0 Å². The lowest BCUT2D eigenvalue weighted by atomic mass is 10.1. The first-order chi connectivity index (χ1) is 13.4. The molecule has 1 amide bonds. The number of aryl methyl sites for hydroxylation is 2. The van der Waals surface area contributed by atoms with Gasteiger partial charge in [-0.1, -0.05) is 11.3 Å². The number of aromatic nitrogens is 4. The van der Waals surface area contributed by atoms with Crippen molar-refractivity contribution in [2.75, 3.05) is 5.32 Å². The minimum atomic E-state index is -0.502. The average molecular weight is 394 g/mol. The molecule has 0 aliphatic heterocycles. The molecule has 2 aromatic heterocycles. The van der Waals surface area contributed by atoms with E-state index in [1.54, 1.807) is 4.52 Å².